The molecule has 0 radical (unpaired) electrons. The molecule has 18 heavy (non-hydrogen) atoms. The van der Waals surface area contributed by atoms with E-state index in [2.05, 4.69) is 31.5 Å². The predicted molar refractivity (Wildman–Crippen MR) is 83.0 cm³/mol. The van der Waals surface area contributed by atoms with E-state index in [0.29, 0.717) is 5.11 Å². The lowest BCUT2D eigenvalue weighted by Crippen LogP contribution is -2.20. The minimum atomic E-state index is 0.527. The van der Waals surface area contributed by atoms with Crippen LogP contribution in [0.25, 0.3) is 0 Å². The van der Waals surface area contributed by atoms with Gasteiger partial charge in [-0.05, 0) is 58.8 Å². The summed E-state index contributed by atoms with van der Waals surface area (Å²) in [6, 6.07) is 11.8. The maximum Gasteiger partial charge on any atom is 0.176 e. The van der Waals surface area contributed by atoms with Crippen molar-refractivity contribution in [2.24, 2.45) is 0 Å². The molecule has 0 amide bonds. The molecule has 0 fully saturated rings. The molecule has 1 heterocycles. The molecule has 0 bridgehead atoms. The van der Waals surface area contributed by atoms with Crippen molar-refractivity contribution in [1.82, 2.24) is 4.98 Å². The largest absolute Gasteiger partial charge is 0.332 e. The summed E-state index contributed by atoms with van der Waals surface area (Å²) in [6.45, 7) is 1.98. The number of aromatic nitrogens is 1. The number of aryl methyl sites for hydroxylation is 1. The lowest BCUT2D eigenvalue weighted by molar-refractivity contribution is 1.25. The van der Waals surface area contributed by atoms with E-state index in [-0.39, 0.29) is 0 Å². The summed E-state index contributed by atoms with van der Waals surface area (Å²) in [6.07, 6.45) is 1.74. The van der Waals surface area contributed by atoms with Gasteiger partial charge in [0.15, 0.2) is 5.11 Å². The number of halogens is 1. The summed E-state index contributed by atoms with van der Waals surface area (Å²) in [5.41, 5.74) is 1.98. The third kappa shape index (κ3) is 3.51. The molecular formula is C13H12BrN3S. The highest BCUT2D eigenvalue weighted by molar-refractivity contribution is 9.10. The summed E-state index contributed by atoms with van der Waals surface area (Å²) in [5, 5.41) is 6.70. The number of anilines is 2. The predicted octanol–water partition coefficient (Wildman–Crippen LogP) is 3.96. The second-order valence-corrected chi connectivity index (χ2v) is 5.09. The van der Waals surface area contributed by atoms with E-state index in [1.165, 1.54) is 0 Å². The number of hydrogen-bond acceptors (Lipinski definition) is 2. The maximum atomic E-state index is 5.24. The van der Waals surface area contributed by atoms with Crippen LogP contribution < -0.4 is 10.6 Å². The van der Waals surface area contributed by atoms with Gasteiger partial charge < -0.3 is 10.6 Å². The monoisotopic (exact) mass is 321 g/mol. The fourth-order valence-electron chi connectivity index (χ4n) is 1.46. The molecule has 5 heteroatoms. The average Bonchev–Trinajstić information content (AvgIpc) is 2.34. The first-order chi connectivity index (χ1) is 8.65. The van der Waals surface area contributed by atoms with Crippen LogP contribution in [0.3, 0.4) is 0 Å². The Labute approximate surface area is 120 Å². The van der Waals surface area contributed by atoms with E-state index in [4.69, 9.17) is 12.2 Å². The normalized spacial score (nSPS) is 9.89. The van der Waals surface area contributed by atoms with Crippen LogP contribution in [-0.2, 0) is 0 Å². The van der Waals surface area contributed by atoms with Gasteiger partial charge in [0.2, 0.25) is 0 Å². The van der Waals surface area contributed by atoms with Crippen molar-refractivity contribution < 1.29 is 0 Å². The van der Waals surface area contributed by atoms with Gasteiger partial charge in [-0.15, -0.1) is 0 Å². The molecule has 0 unspecified atom stereocenters. The van der Waals surface area contributed by atoms with Gasteiger partial charge in [-0.1, -0.05) is 18.2 Å². The van der Waals surface area contributed by atoms with E-state index in [0.717, 1.165) is 21.5 Å². The Hall–Kier alpha value is -1.46. The Morgan fingerprint density at radius 2 is 1.94 bits per heavy atom. The van der Waals surface area contributed by atoms with E-state index in [9.17, 15) is 0 Å². The molecule has 0 spiro atoms. The summed E-state index contributed by atoms with van der Waals surface area (Å²) >= 11 is 8.61. The van der Waals surface area contributed by atoms with Gasteiger partial charge in [0.05, 0.1) is 0 Å². The molecule has 2 rings (SSSR count). The van der Waals surface area contributed by atoms with Crippen molar-refractivity contribution in [3.05, 3.63) is 52.6 Å². The van der Waals surface area contributed by atoms with Gasteiger partial charge in [0.1, 0.15) is 5.82 Å². The Morgan fingerprint density at radius 3 is 2.61 bits per heavy atom. The van der Waals surface area contributed by atoms with Crippen molar-refractivity contribution in [2.45, 2.75) is 6.92 Å². The summed E-state index contributed by atoms with van der Waals surface area (Å²) in [7, 11) is 0. The highest BCUT2D eigenvalue weighted by Crippen LogP contribution is 2.17. The van der Waals surface area contributed by atoms with Crippen LogP contribution in [0.5, 0.6) is 0 Å². The zero-order chi connectivity index (χ0) is 13.0. The molecule has 1 aromatic carbocycles. The number of nitrogens with one attached hydrogen (secondary N) is 2. The molecule has 0 aliphatic carbocycles. The highest BCUT2D eigenvalue weighted by atomic mass is 79.9. The SMILES string of the molecule is Cc1cc(Br)cnc1NC(=S)Nc1ccccc1. The van der Waals surface area contributed by atoms with Crippen LogP contribution >= 0.6 is 28.1 Å². The first-order valence-corrected chi connectivity index (χ1v) is 6.60. The van der Waals surface area contributed by atoms with E-state index in [1.807, 2.05) is 43.3 Å². The van der Waals surface area contributed by atoms with Crippen LogP contribution in [0.1, 0.15) is 5.56 Å². The molecule has 0 saturated carbocycles. The number of para-hydroxylation sites is 1. The Kier molecular flexibility index (Phi) is 4.28. The third-order valence-electron chi connectivity index (χ3n) is 2.31. The summed E-state index contributed by atoms with van der Waals surface area (Å²) in [4.78, 5) is 4.27. The Bertz CT molecular complexity index is 557. The van der Waals surface area contributed by atoms with Gasteiger partial charge in [-0.2, -0.15) is 0 Å². The average molecular weight is 322 g/mol. The molecule has 2 N–H and O–H groups in total. The zero-order valence-electron chi connectivity index (χ0n) is 9.77. The number of nitrogens with zero attached hydrogens (tertiary/aromatic N) is 1. The fourth-order valence-corrected chi connectivity index (χ4v) is 2.12. The highest BCUT2D eigenvalue weighted by Gasteiger charge is 2.03. The first-order valence-electron chi connectivity index (χ1n) is 5.40. The van der Waals surface area contributed by atoms with Crippen molar-refractivity contribution in [2.75, 3.05) is 10.6 Å². The maximum absolute atomic E-state index is 5.24. The number of rotatable bonds is 2. The number of hydrogen-bond donors (Lipinski definition) is 2. The number of benzene rings is 1. The van der Waals surface area contributed by atoms with Gasteiger partial charge in [-0.3, -0.25) is 0 Å². The topological polar surface area (TPSA) is 37.0 Å². The quantitative estimate of drug-likeness (QED) is 0.821. The van der Waals surface area contributed by atoms with E-state index < -0.39 is 0 Å². The van der Waals surface area contributed by atoms with Crippen LogP contribution in [0, 0.1) is 6.92 Å². The van der Waals surface area contributed by atoms with Crippen LogP contribution in [0.2, 0.25) is 0 Å². The van der Waals surface area contributed by atoms with Crippen molar-refractivity contribution in [3.63, 3.8) is 0 Å². The zero-order valence-corrected chi connectivity index (χ0v) is 12.2. The molecule has 2 aromatic rings. The number of thiocarbonyl (C=S) groups is 1. The van der Waals surface area contributed by atoms with Gasteiger partial charge >= 0.3 is 0 Å². The second-order valence-electron chi connectivity index (χ2n) is 3.76. The lowest BCUT2D eigenvalue weighted by Gasteiger charge is -2.11. The first kappa shape index (κ1) is 13.0. The molecule has 0 aliphatic heterocycles. The van der Waals surface area contributed by atoms with E-state index in [1.54, 1.807) is 6.20 Å². The Morgan fingerprint density at radius 1 is 1.22 bits per heavy atom. The van der Waals surface area contributed by atoms with Crippen molar-refractivity contribution in [1.29, 1.82) is 0 Å². The molecule has 3 nitrogen and oxygen atoms in total. The number of pyridine rings is 1. The molecule has 0 atom stereocenters. The minimum Gasteiger partial charge on any atom is -0.332 e. The Balaban J connectivity index is 2.03. The summed E-state index contributed by atoms with van der Waals surface area (Å²) in [5.74, 6) is 0.756. The van der Waals surface area contributed by atoms with Gasteiger partial charge in [0, 0.05) is 16.4 Å². The minimum absolute atomic E-state index is 0.527. The molecular weight excluding hydrogens is 310 g/mol. The molecule has 92 valence electrons. The third-order valence-corrected chi connectivity index (χ3v) is 2.95. The van der Waals surface area contributed by atoms with Gasteiger partial charge in [-0.25, -0.2) is 4.98 Å². The van der Waals surface area contributed by atoms with E-state index >= 15 is 0 Å². The second kappa shape index (κ2) is 5.93. The standard InChI is InChI=1S/C13H12BrN3S/c1-9-7-10(14)8-15-12(9)17-13(18)16-11-5-3-2-4-6-11/h2-8H,1H3,(H2,15,16,17,18). The smallest absolute Gasteiger partial charge is 0.176 e. The molecule has 0 saturated heterocycles. The van der Waals surface area contributed by atoms with Crippen LogP contribution in [0.4, 0.5) is 11.5 Å². The van der Waals surface area contributed by atoms with Crippen molar-refractivity contribution >= 4 is 44.8 Å². The van der Waals surface area contributed by atoms with Gasteiger partial charge in [0.25, 0.3) is 0 Å². The summed E-state index contributed by atoms with van der Waals surface area (Å²) < 4.78 is 0.951. The lowest BCUT2D eigenvalue weighted by atomic mass is 10.3. The molecule has 1 aromatic heterocycles. The van der Waals surface area contributed by atoms with Crippen LogP contribution in [-0.4, -0.2) is 10.1 Å². The molecule has 0 aliphatic rings. The van der Waals surface area contributed by atoms with Crippen LogP contribution in [0.15, 0.2) is 47.1 Å². The fraction of sp³-hybridized carbons (Fsp3) is 0.0769. The van der Waals surface area contributed by atoms with Crippen molar-refractivity contribution in [3.8, 4) is 0 Å².